The number of rotatable bonds is 9. The smallest absolute Gasteiger partial charge is 0.330 e. The predicted molar refractivity (Wildman–Crippen MR) is 115 cm³/mol. The fourth-order valence-corrected chi connectivity index (χ4v) is 5.31. The van der Waals surface area contributed by atoms with Crippen molar-refractivity contribution in [2.24, 2.45) is 0 Å². The van der Waals surface area contributed by atoms with Crippen molar-refractivity contribution in [1.29, 1.82) is 0 Å². The molecule has 174 valence electrons. The Bertz CT molecular complexity index is 902. The number of benzene rings is 1. The van der Waals surface area contributed by atoms with Crippen molar-refractivity contribution in [2.45, 2.75) is 56.4 Å². The van der Waals surface area contributed by atoms with Crippen LogP contribution in [0, 0.1) is 0 Å². The molecule has 0 radical (unpaired) electrons. The summed E-state index contributed by atoms with van der Waals surface area (Å²) in [5.74, 6) is -3.96. The van der Waals surface area contributed by atoms with Crippen molar-refractivity contribution in [3.05, 3.63) is 35.9 Å². The summed E-state index contributed by atoms with van der Waals surface area (Å²) in [6, 6.07) is 7.81. The standard InChI is InChI=1S/C21H28N3O7P/c25-17-10-9-15(23-17)20(27)24-18(11-8-14-5-2-1-3-6-14)32(29,30)13-19(26)31-21(28)16-7-4-12-22-16/h1-3,5-6,15-16,18,22H,4,7-13H2,(H,23,25)(H,24,27)(H,29,30)/t15?,16-,18?/m0/s1. The summed E-state index contributed by atoms with van der Waals surface area (Å²) in [7, 11) is -4.28. The van der Waals surface area contributed by atoms with Gasteiger partial charge in [-0.15, -0.1) is 0 Å². The molecule has 4 N–H and O–H groups in total. The number of amides is 2. The summed E-state index contributed by atoms with van der Waals surface area (Å²) in [6.45, 7) is 0.637. The van der Waals surface area contributed by atoms with Crippen LogP contribution in [0.2, 0.25) is 0 Å². The molecular formula is C21H28N3O7P. The van der Waals surface area contributed by atoms with Crippen molar-refractivity contribution >= 4 is 31.1 Å². The van der Waals surface area contributed by atoms with Gasteiger partial charge in [-0.05, 0) is 44.2 Å². The van der Waals surface area contributed by atoms with Crippen LogP contribution in [-0.2, 0) is 34.9 Å². The Balaban J connectivity index is 1.65. The lowest BCUT2D eigenvalue weighted by molar-refractivity contribution is -0.159. The van der Waals surface area contributed by atoms with E-state index in [1.54, 1.807) is 0 Å². The maximum atomic E-state index is 13.1. The van der Waals surface area contributed by atoms with E-state index < -0.39 is 49.2 Å². The highest BCUT2D eigenvalue weighted by molar-refractivity contribution is 7.59. The van der Waals surface area contributed by atoms with Crippen LogP contribution in [0.4, 0.5) is 0 Å². The first kappa shape index (κ1) is 24.1. The largest absolute Gasteiger partial charge is 0.392 e. The number of esters is 2. The number of hydrogen-bond acceptors (Lipinski definition) is 7. The summed E-state index contributed by atoms with van der Waals surface area (Å²) in [6.07, 6.45) is 1.37. The van der Waals surface area contributed by atoms with Gasteiger partial charge in [-0.25, -0.2) is 4.79 Å². The summed E-state index contributed by atoms with van der Waals surface area (Å²) in [5, 5.41) is 7.95. The van der Waals surface area contributed by atoms with Crippen molar-refractivity contribution in [2.75, 3.05) is 12.7 Å². The number of hydrogen-bond donors (Lipinski definition) is 4. The molecule has 0 aliphatic carbocycles. The van der Waals surface area contributed by atoms with E-state index in [-0.39, 0.29) is 25.2 Å². The highest BCUT2D eigenvalue weighted by Gasteiger charge is 2.38. The minimum Gasteiger partial charge on any atom is -0.392 e. The number of ether oxygens (including phenoxy) is 1. The molecule has 2 aliphatic rings. The molecule has 0 spiro atoms. The van der Waals surface area contributed by atoms with E-state index in [0.29, 0.717) is 19.4 Å². The van der Waals surface area contributed by atoms with Gasteiger partial charge in [0, 0.05) is 6.42 Å². The maximum Gasteiger partial charge on any atom is 0.330 e. The van der Waals surface area contributed by atoms with Crippen LogP contribution in [0.25, 0.3) is 0 Å². The van der Waals surface area contributed by atoms with Gasteiger partial charge >= 0.3 is 11.9 Å². The van der Waals surface area contributed by atoms with E-state index in [0.717, 1.165) is 12.0 Å². The summed E-state index contributed by atoms with van der Waals surface area (Å²) in [4.78, 5) is 58.9. The van der Waals surface area contributed by atoms with E-state index in [2.05, 4.69) is 16.0 Å². The first-order valence-corrected chi connectivity index (χ1v) is 12.6. The van der Waals surface area contributed by atoms with Gasteiger partial charge in [-0.3, -0.25) is 18.9 Å². The van der Waals surface area contributed by atoms with E-state index in [9.17, 15) is 28.6 Å². The molecule has 2 fully saturated rings. The lowest BCUT2D eigenvalue weighted by atomic mass is 10.1. The van der Waals surface area contributed by atoms with Crippen LogP contribution in [0.5, 0.6) is 0 Å². The minimum atomic E-state index is -4.28. The van der Waals surface area contributed by atoms with E-state index in [1.807, 2.05) is 30.3 Å². The number of aryl methyl sites for hydroxylation is 1. The molecular weight excluding hydrogens is 437 g/mol. The molecule has 2 saturated heterocycles. The summed E-state index contributed by atoms with van der Waals surface area (Å²) >= 11 is 0. The predicted octanol–water partition coefficient (Wildman–Crippen LogP) is 0.432. The molecule has 2 heterocycles. The molecule has 4 atom stereocenters. The third kappa shape index (κ3) is 6.72. The molecule has 10 nitrogen and oxygen atoms in total. The average Bonchev–Trinajstić information content (AvgIpc) is 3.43. The van der Waals surface area contributed by atoms with E-state index in [1.165, 1.54) is 0 Å². The van der Waals surface area contributed by atoms with Crippen LogP contribution in [0.15, 0.2) is 30.3 Å². The fraction of sp³-hybridized carbons (Fsp3) is 0.524. The van der Waals surface area contributed by atoms with Gasteiger partial charge in [0.2, 0.25) is 19.2 Å². The Morgan fingerprint density at radius 1 is 1.19 bits per heavy atom. The molecule has 0 bridgehead atoms. The Kier molecular flexibility index (Phi) is 8.17. The molecule has 32 heavy (non-hydrogen) atoms. The first-order chi connectivity index (χ1) is 15.2. The van der Waals surface area contributed by atoms with Crippen molar-refractivity contribution < 1.29 is 33.4 Å². The van der Waals surface area contributed by atoms with Gasteiger partial charge < -0.3 is 25.6 Å². The normalized spacial score (nSPS) is 23.1. The summed E-state index contributed by atoms with van der Waals surface area (Å²) < 4.78 is 17.8. The Morgan fingerprint density at radius 3 is 2.56 bits per heavy atom. The maximum absolute atomic E-state index is 13.1. The molecule has 0 aromatic heterocycles. The van der Waals surface area contributed by atoms with Gasteiger partial charge in [-0.2, -0.15) is 0 Å². The first-order valence-electron chi connectivity index (χ1n) is 10.7. The molecule has 1 aromatic carbocycles. The highest BCUT2D eigenvalue weighted by Crippen LogP contribution is 2.47. The quantitative estimate of drug-likeness (QED) is 0.233. The van der Waals surface area contributed by atoms with Gasteiger partial charge in [-0.1, -0.05) is 30.3 Å². The van der Waals surface area contributed by atoms with Gasteiger partial charge in [0.05, 0.1) is 0 Å². The van der Waals surface area contributed by atoms with Gasteiger partial charge in [0.25, 0.3) is 0 Å². The second kappa shape index (κ2) is 10.8. The van der Waals surface area contributed by atoms with Crippen LogP contribution in [0.1, 0.15) is 37.7 Å². The van der Waals surface area contributed by atoms with E-state index in [4.69, 9.17) is 4.74 Å². The van der Waals surface area contributed by atoms with Crippen LogP contribution < -0.4 is 16.0 Å². The lowest BCUT2D eigenvalue weighted by Crippen LogP contribution is -2.46. The zero-order chi connectivity index (χ0) is 23.1. The van der Waals surface area contributed by atoms with E-state index >= 15 is 0 Å². The molecule has 11 heteroatoms. The third-order valence-corrected chi connectivity index (χ3v) is 7.64. The van der Waals surface area contributed by atoms with Crippen LogP contribution in [0.3, 0.4) is 0 Å². The highest BCUT2D eigenvalue weighted by atomic mass is 31.2. The molecule has 2 aliphatic heterocycles. The zero-order valence-electron chi connectivity index (χ0n) is 17.6. The lowest BCUT2D eigenvalue weighted by Gasteiger charge is -2.25. The second-order valence-corrected chi connectivity index (χ2v) is 10.5. The minimum absolute atomic E-state index is 0.0929. The average molecular weight is 465 g/mol. The van der Waals surface area contributed by atoms with Crippen LogP contribution in [-0.4, -0.2) is 59.2 Å². The molecule has 3 unspecified atom stereocenters. The third-order valence-electron chi connectivity index (χ3n) is 5.57. The number of nitrogens with one attached hydrogen (secondary N) is 3. The van der Waals surface area contributed by atoms with Crippen molar-refractivity contribution in [3.8, 4) is 0 Å². The molecule has 2 amide bonds. The van der Waals surface area contributed by atoms with Crippen LogP contribution >= 0.6 is 7.37 Å². The Labute approximate surface area is 185 Å². The molecule has 1 aromatic rings. The topological polar surface area (TPSA) is 151 Å². The zero-order valence-corrected chi connectivity index (χ0v) is 18.5. The van der Waals surface area contributed by atoms with Crippen molar-refractivity contribution in [1.82, 2.24) is 16.0 Å². The van der Waals surface area contributed by atoms with Gasteiger partial charge in [0.1, 0.15) is 24.0 Å². The second-order valence-electron chi connectivity index (χ2n) is 8.06. The number of carbonyl (C=O) groups is 4. The number of carbonyl (C=O) groups excluding carboxylic acids is 4. The van der Waals surface area contributed by atoms with Crippen molar-refractivity contribution in [3.63, 3.8) is 0 Å². The monoisotopic (exact) mass is 465 g/mol. The molecule has 3 rings (SSSR count). The SMILES string of the molecule is O=C1CCC(C(=O)NC(CCc2ccccc2)P(=O)(O)CC(=O)OC(=O)[C@@H]2CCCN2)N1. The fourth-order valence-electron chi connectivity index (χ4n) is 3.79. The Morgan fingerprint density at radius 2 is 1.94 bits per heavy atom. The van der Waals surface area contributed by atoms with Gasteiger partial charge in [0.15, 0.2) is 0 Å². The summed E-state index contributed by atoms with van der Waals surface area (Å²) in [5.41, 5.74) is 0.894. The molecule has 0 saturated carbocycles. The Hall–Kier alpha value is -2.55.